The highest BCUT2D eigenvalue weighted by Gasteiger charge is 2.18. The monoisotopic (exact) mass is 406 g/mol. The summed E-state index contributed by atoms with van der Waals surface area (Å²) in [5, 5.41) is 6.72. The van der Waals surface area contributed by atoms with E-state index in [4.69, 9.17) is 4.52 Å². The van der Waals surface area contributed by atoms with Gasteiger partial charge in [-0.1, -0.05) is 43.3 Å². The second kappa shape index (κ2) is 7.90. The summed E-state index contributed by atoms with van der Waals surface area (Å²) < 4.78 is 19.9. The van der Waals surface area contributed by atoms with Gasteiger partial charge in [-0.2, -0.15) is 0 Å². The zero-order valence-electron chi connectivity index (χ0n) is 16.4. The molecule has 4 rings (SSSR count). The van der Waals surface area contributed by atoms with Gasteiger partial charge in [-0.25, -0.2) is 9.37 Å². The summed E-state index contributed by atoms with van der Waals surface area (Å²) in [5.41, 5.74) is 1.90. The Morgan fingerprint density at radius 3 is 2.67 bits per heavy atom. The molecular weight excluding hydrogens is 387 g/mol. The first-order chi connectivity index (χ1) is 14.4. The predicted octanol–water partition coefficient (Wildman–Crippen LogP) is 3.95. The number of aromatic nitrogens is 3. The minimum Gasteiger partial charge on any atom is -0.335 e. The Morgan fingerprint density at radius 1 is 1.20 bits per heavy atom. The molecule has 0 radical (unpaired) electrons. The third kappa shape index (κ3) is 3.84. The number of rotatable bonds is 5. The summed E-state index contributed by atoms with van der Waals surface area (Å²) in [4.78, 5) is 29.4. The molecule has 0 aliphatic rings. The lowest BCUT2D eigenvalue weighted by atomic mass is 10.0. The van der Waals surface area contributed by atoms with E-state index in [1.165, 1.54) is 29.1 Å². The average molecular weight is 406 g/mol. The highest BCUT2D eigenvalue weighted by atomic mass is 19.1. The van der Waals surface area contributed by atoms with E-state index >= 15 is 0 Å². The average Bonchev–Trinajstić information content (AvgIpc) is 3.15. The molecule has 2 aromatic carbocycles. The van der Waals surface area contributed by atoms with Crippen molar-refractivity contribution >= 4 is 22.7 Å². The van der Waals surface area contributed by atoms with Gasteiger partial charge in [-0.3, -0.25) is 14.2 Å². The number of amides is 1. The second-order valence-electron chi connectivity index (χ2n) is 7.22. The first kappa shape index (κ1) is 19.5. The summed E-state index contributed by atoms with van der Waals surface area (Å²) in [6, 6.07) is 13.2. The Balaban J connectivity index is 1.60. The minimum absolute atomic E-state index is 0.0280. The van der Waals surface area contributed by atoms with Gasteiger partial charge >= 0.3 is 0 Å². The smallest absolute Gasteiger partial charge is 0.267 e. The fraction of sp³-hybridized carbons (Fsp3) is 0.182. The largest absolute Gasteiger partial charge is 0.335 e. The number of benzene rings is 2. The van der Waals surface area contributed by atoms with E-state index in [0.717, 1.165) is 5.56 Å². The topological polar surface area (TPSA) is 90.0 Å². The van der Waals surface area contributed by atoms with Crippen molar-refractivity contribution in [2.45, 2.75) is 26.3 Å². The quantitative estimate of drug-likeness (QED) is 0.542. The molecule has 1 N–H and O–H groups in total. The van der Waals surface area contributed by atoms with Crippen molar-refractivity contribution in [3.05, 3.63) is 76.6 Å². The number of nitrogens with zero attached hydrogens (tertiary/aromatic N) is 3. The molecule has 2 aromatic heterocycles. The van der Waals surface area contributed by atoms with E-state index in [0.29, 0.717) is 17.2 Å². The van der Waals surface area contributed by atoms with Crippen LogP contribution in [0.2, 0.25) is 0 Å². The van der Waals surface area contributed by atoms with Gasteiger partial charge in [-0.15, -0.1) is 0 Å². The fourth-order valence-corrected chi connectivity index (χ4v) is 3.13. The van der Waals surface area contributed by atoms with Gasteiger partial charge in [0.25, 0.3) is 11.3 Å². The molecule has 0 fully saturated rings. The molecule has 0 spiro atoms. The van der Waals surface area contributed by atoms with Crippen molar-refractivity contribution in [2.24, 2.45) is 0 Å². The van der Waals surface area contributed by atoms with Crippen LogP contribution in [0.15, 0.2) is 64.2 Å². The molecule has 8 heteroatoms. The van der Waals surface area contributed by atoms with Crippen molar-refractivity contribution in [1.29, 1.82) is 0 Å². The molecule has 7 nitrogen and oxygen atoms in total. The van der Waals surface area contributed by atoms with Crippen molar-refractivity contribution in [3.8, 4) is 11.3 Å². The van der Waals surface area contributed by atoms with Crippen molar-refractivity contribution < 1.29 is 13.7 Å². The van der Waals surface area contributed by atoms with Crippen LogP contribution >= 0.6 is 0 Å². The molecule has 0 saturated heterocycles. The molecule has 0 unspecified atom stereocenters. The fourth-order valence-electron chi connectivity index (χ4n) is 3.13. The normalized spacial score (nSPS) is 11.2. The van der Waals surface area contributed by atoms with E-state index in [2.05, 4.69) is 29.3 Å². The predicted molar refractivity (Wildman–Crippen MR) is 111 cm³/mol. The number of nitrogens with one attached hydrogen (secondary N) is 1. The van der Waals surface area contributed by atoms with Crippen LogP contribution in [0.5, 0.6) is 0 Å². The Labute approximate surface area is 171 Å². The van der Waals surface area contributed by atoms with E-state index in [9.17, 15) is 14.0 Å². The number of carbonyl (C=O) groups excluding carboxylic acids is 1. The molecule has 4 aromatic rings. The number of carbonyl (C=O) groups is 1. The van der Waals surface area contributed by atoms with Gasteiger partial charge in [0.05, 0.1) is 0 Å². The molecule has 0 aliphatic heterocycles. The van der Waals surface area contributed by atoms with Crippen LogP contribution in [0.3, 0.4) is 0 Å². The van der Waals surface area contributed by atoms with Crippen LogP contribution in [0.25, 0.3) is 22.4 Å². The van der Waals surface area contributed by atoms with Crippen LogP contribution in [0, 0.1) is 5.82 Å². The van der Waals surface area contributed by atoms with Gasteiger partial charge in [0, 0.05) is 11.3 Å². The highest BCUT2D eigenvalue weighted by Crippen LogP contribution is 2.24. The highest BCUT2D eigenvalue weighted by molar-refractivity contribution is 5.91. The first-order valence-electron chi connectivity index (χ1n) is 9.43. The first-order valence-corrected chi connectivity index (χ1v) is 9.43. The number of hydrogen-bond donors (Lipinski definition) is 1. The molecule has 0 saturated carbocycles. The van der Waals surface area contributed by atoms with Gasteiger partial charge in [0.1, 0.15) is 29.8 Å². The lowest BCUT2D eigenvalue weighted by Gasteiger charge is -2.09. The summed E-state index contributed by atoms with van der Waals surface area (Å²) in [6.45, 7) is 3.94. The summed E-state index contributed by atoms with van der Waals surface area (Å²) in [6.07, 6.45) is 1.23. The van der Waals surface area contributed by atoms with E-state index in [1.807, 2.05) is 24.3 Å². The van der Waals surface area contributed by atoms with Crippen molar-refractivity contribution in [1.82, 2.24) is 14.7 Å². The third-order valence-electron chi connectivity index (χ3n) is 4.74. The van der Waals surface area contributed by atoms with Gasteiger partial charge in [0.2, 0.25) is 5.91 Å². The van der Waals surface area contributed by atoms with E-state index in [-0.39, 0.29) is 29.2 Å². The lowest BCUT2D eigenvalue weighted by Crippen LogP contribution is -2.27. The van der Waals surface area contributed by atoms with Crippen LogP contribution in [-0.2, 0) is 11.3 Å². The van der Waals surface area contributed by atoms with Crippen LogP contribution < -0.4 is 10.9 Å². The Bertz CT molecular complexity index is 1280. The van der Waals surface area contributed by atoms with Crippen LogP contribution in [-0.4, -0.2) is 20.6 Å². The molecule has 0 aliphatic carbocycles. The summed E-state index contributed by atoms with van der Waals surface area (Å²) in [5.74, 6) is -0.447. The lowest BCUT2D eigenvalue weighted by molar-refractivity contribution is -0.116. The Hall–Kier alpha value is -3.81. The number of halogens is 1. The number of hydrogen-bond acceptors (Lipinski definition) is 5. The summed E-state index contributed by atoms with van der Waals surface area (Å²) >= 11 is 0. The molecule has 0 bridgehead atoms. The Morgan fingerprint density at radius 2 is 1.97 bits per heavy atom. The Kier molecular flexibility index (Phi) is 5.14. The van der Waals surface area contributed by atoms with Crippen LogP contribution in [0.1, 0.15) is 25.3 Å². The number of anilines is 1. The van der Waals surface area contributed by atoms with Gasteiger partial charge in [0.15, 0.2) is 0 Å². The molecule has 30 heavy (non-hydrogen) atoms. The van der Waals surface area contributed by atoms with Crippen molar-refractivity contribution in [2.75, 3.05) is 5.32 Å². The van der Waals surface area contributed by atoms with E-state index < -0.39 is 11.4 Å². The second-order valence-corrected chi connectivity index (χ2v) is 7.22. The van der Waals surface area contributed by atoms with Gasteiger partial charge < -0.3 is 9.84 Å². The molecule has 0 atom stereocenters. The summed E-state index contributed by atoms with van der Waals surface area (Å²) in [7, 11) is 0. The van der Waals surface area contributed by atoms with Crippen LogP contribution in [0.4, 0.5) is 10.1 Å². The maximum absolute atomic E-state index is 13.6. The van der Waals surface area contributed by atoms with Crippen molar-refractivity contribution in [3.63, 3.8) is 0 Å². The molecular formula is C22H19FN4O3. The SMILES string of the molecule is CC(C)c1ccc(NC(=O)Cn2cnc3onc(-c4cccc(F)c4)c3c2=O)cc1. The molecule has 1 amide bonds. The van der Waals surface area contributed by atoms with E-state index in [1.54, 1.807) is 6.07 Å². The minimum atomic E-state index is -0.495. The maximum Gasteiger partial charge on any atom is 0.267 e. The zero-order chi connectivity index (χ0) is 21.3. The maximum atomic E-state index is 13.6. The molecule has 2 heterocycles. The zero-order valence-corrected chi connectivity index (χ0v) is 16.4. The standard InChI is InChI=1S/C22H19FN4O3/c1-13(2)14-6-8-17(9-7-14)25-18(28)11-27-12-24-21-19(22(27)29)20(26-30-21)15-4-3-5-16(23)10-15/h3-10,12-13H,11H2,1-2H3,(H,25,28). The third-order valence-corrected chi connectivity index (χ3v) is 4.74. The number of fused-ring (bicyclic) bond motifs is 1. The molecule has 152 valence electrons. The van der Waals surface area contributed by atoms with Gasteiger partial charge in [-0.05, 0) is 35.7 Å².